The maximum absolute atomic E-state index is 13.1. The number of hydrogen-bond acceptors (Lipinski definition) is 2. The number of carbonyl (C=O) groups is 1. The molecule has 0 spiro atoms. The van der Waals surface area contributed by atoms with Gasteiger partial charge >= 0.3 is 0 Å². The van der Waals surface area contributed by atoms with E-state index in [1.807, 2.05) is 0 Å². The molecule has 1 aromatic rings. The lowest BCUT2D eigenvalue weighted by atomic mass is 10.2. The second-order valence-electron chi connectivity index (χ2n) is 2.44. The smallest absolute Gasteiger partial charge is 0.256 e. The molecule has 72 valence electrons. The van der Waals surface area contributed by atoms with Gasteiger partial charge < -0.3 is 5.32 Å². The van der Waals surface area contributed by atoms with E-state index in [1.54, 1.807) is 6.07 Å². The van der Waals surface area contributed by atoms with Crippen molar-refractivity contribution in [2.45, 2.75) is 0 Å². The average Bonchev–Trinajstić information content (AvgIpc) is 2.14. The van der Waals surface area contributed by atoms with Crippen molar-refractivity contribution < 1.29 is 9.18 Å². The van der Waals surface area contributed by atoms with E-state index in [4.69, 9.17) is 16.9 Å². The van der Waals surface area contributed by atoms with Gasteiger partial charge in [-0.15, -0.1) is 0 Å². The minimum Gasteiger partial charge on any atom is -0.339 e. The van der Waals surface area contributed by atoms with Crippen LogP contribution in [0.3, 0.4) is 0 Å². The molecule has 0 aromatic heterocycles. The molecular formula is C9H6ClFN2O. The molecule has 1 N–H and O–H groups in total. The second kappa shape index (κ2) is 4.58. The Morgan fingerprint density at radius 1 is 1.64 bits per heavy atom. The molecule has 0 radical (unpaired) electrons. The molecule has 0 unspecified atom stereocenters. The van der Waals surface area contributed by atoms with Gasteiger partial charge in [0.15, 0.2) is 0 Å². The van der Waals surface area contributed by atoms with Crippen molar-refractivity contribution >= 4 is 17.5 Å². The zero-order valence-electron chi connectivity index (χ0n) is 7.05. The fraction of sp³-hybridized carbons (Fsp3) is 0.111. The standard InChI is InChI=1S/C9H6ClFN2O/c10-6-2-1-3-7(11)8(6)9(14)13-5-4-12/h1-3H,5H2,(H,13,14). The van der Waals surface area contributed by atoms with E-state index in [0.717, 1.165) is 6.07 Å². The van der Waals surface area contributed by atoms with Crippen LogP contribution in [0.4, 0.5) is 4.39 Å². The summed E-state index contributed by atoms with van der Waals surface area (Å²) in [6, 6.07) is 5.65. The Labute approximate surface area is 85.1 Å². The Kier molecular flexibility index (Phi) is 3.43. The van der Waals surface area contributed by atoms with Crippen molar-refractivity contribution in [2.24, 2.45) is 0 Å². The normalized spacial score (nSPS) is 9.21. The molecule has 14 heavy (non-hydrogen) atoms. The Morgan fingerprint density at radius 2 is 2.36 bits per heavy atom. The first-order valence-corrected chi connectivity index (χ1v) is 4.13. The molecule has 0 saturated heterocycles. The molecule has 5 heteroatoms. The molecule has 0 saturated carbocycles. The Morgan fingerprint density at radius 3 is 2.93 bits per heavy atom. The van der Waals surface area contributed by atoms with Crippen LogP contribution in [-0.2, 0) is 0 Å². The van der Waals surface area contributed by atoms with Crippen LogP contribution in [-0.4, -0.2) is 12.5 Å². The number of halogens is 2. The molecule has 3 nitrogen and oxygen atoms in total. The summed E-state index contributed by atoms with van der Waals surface area (Å²) in [6.07, 6.45) is 0. The van der Waals surface area contributed by atoms with Gasteiger partial charge in [-0.3, -0.25) is 4.79 Å². The van der Waals surface area contributed by atoms with Gasteiger partial charge in [-0.05, 0) is 12.1 Å². The van der Waals surface area contributed by atoms with Gasteiger partial charge in [0.2, 0.25) is 0 Å². The molecule has 0 heterocycles. The number of rotatable bonds is 2. The Bertz CT molecular complexity index is 380. The fourth-order valence-corrected chi connectivity index (χ4v) is 1.17. The first-order chi connectivity index (χ1) is 6.66. The van der Waals surface area contributed by atoms with Crippen molar-refractivity contribution in [1.29, 1.82) is 5.26 Å². The van der Waals surface area contributed by atoms with Gasteiger partial charge in [0.05, 0.1) is 16.7 Å². The summed E-state index contributed by atoms with van der Waals surface area (Å²) in [5.74, 6) is -1.39. The first kappa shape index (κ1) is 10.5. The predicted molar refractivity (Wildman–Crippen MR) is 49.4 cm³/mol. The van der Waals surface area contributed by atoms with Crippen LogP contribution in [0.5, 0.6) is 0 Å². The van der Waals surface area contributed by atoms with Crippen LogP contribution < -0.4 is 5.32 Å². The molecule has 0 aliphatic heterocycles. The van der Waals surface area contributed by atoms with Crippen molar-refractivity contribution in [1.82, 2.24) is 5.32 Å². The van der Waals surface area contributed by atoms with Crippen molar-refractivity contribution in [3.63, 3.8) is 0 Å². The summed E-state index contributed by atoms with van der Waals surface area (Å²) in [7, 11) is 0. The zero-order valence-corrected chi connectivity index (χ0v) is 7.81. The maximum Gasteiger partial charge on any atom is 0.256 e. The summed E-state index contributed by atoms with van der Waals surface area (Å²) < 4.78 is 13.1. The molecule has 1 aromatic carbocycles. The van der Waals surface area contributed by atoms with Crippen LogP contribution in [0.15, 0.2) is 18.2 Å². The largest absolute Gasteiger partial charge is 0.339 e. The number of nitrogens with zero attached hydrogens (tertiary/aromatic N) is 1. The van der Waals surface area contributed by atoms with Crippen LogP contribution >= 0.6 is 11.6 Å². The number of amides is 1. The highest BCUT2D eigenvalue weighted by Crippen LogP contribution is 2.18. The highest BCUT2D eigenvalue weighted by molar-refractivity contribution is 6.33. The lowest BCUT2D eigenvalue weighted by molar-refractivity contribution is 0.0954. The van der Waals surface area contributed by atoms with Crippen LogP contribution in [0, 0.1) is 17.1 Å². The van der Waals surface area contributed by atoms with Gasteiger partial charge in [0.25, 0.3) is 5.91 Å². The maximum atomic E-state index is 13.1. The quantitative estimate of drug-likeness (QED) is 0.759. The van der Waals surface area contributed by atoms with E-state index in [1.165, 1.54) is 12.1 Å². The van der Waals surface area contributed by atoms with Gasteiger partial charge in [-0.2, -0.15) is 5.26 Å². The number of benzene rings is 1. The minimum atomic E-state index is -0.701. The van der Waals surface area contributed by atoms with E-state index in [-0.39, 0.29) is 17.1 Å². The summed E-state index contributed by atoms with van der Waals surface area (Å²) in [5, 5.41) is 10.4. The lowest BCUT2D eigenvalue weighted by Gasteiger charge is -2.04. The molecule has 0 fully saturated rings. The van der Waals surface area contributed by atoms with Crippen molar-refractivity contribution in [2.75, 3.05) is 6.54 Å². The van der Waals surface area contributed by atoms with Crippen LogP contribution in [0.2, 0.25) is 5.02 Å². The SMILES string of the molecule is N#CCNC(=O)c1c(F)cccc1Cl. The zero-order chi connectivity index (χ0) is 10.6. The third-order valence-electron chi connectivity index (χ3n) is 1.52. The molecular weight excluding hydrogens is 207 g/mol. The van der Waals surface area contributed by atoms with Gasteiger partial charge in [-0.25, -0.2) is 4.39 Å². The molecule has 1 rings (SSSR count). The topological polar surface area (TPSA) is 52.9 Å². The lowest BCUT2D eigenvalue weighted by Crippen LogP contribution is -2.24. The third kappa shape index (κ3) is 2.21. The van der Waals surface area contributed by atoms with E-state index < -0.39 is 11.7 Å². The first-order valence-electron chi connectivity index (χ1n) is 3.76. The van der Waals surface area contributed by atoms with E-state index in [2.05, 4.69) is 5.32 Å². The summed E-state index contributed by atoms with van der Waals surface area (Å²) in [5.41, 5.74) is -0.232. The van der Waals surface area contributed by atoms with E-state index in [0.29, 0.717) is 0 Å². The van der Waals surface area contributed by atoms with Gasteiger partial charge in [-0.1, -0.05) is 17.7 Å². The molecule has 0 bridgehead atoms. The average molecular weight is 213 g/mol. The second-order valence-corrected chi connectivity index (χ2v) is 2.84. The molecule has 1 amide bonds. The molecule has 0 aliphatic rings. The highest BCUT2D eigenvalue weighted by atomic mass is 35.5. The van der Waals surface area contributed by atoms with E-state index in [9.17, 15) is 9.18 Å². The Hall–Kier alpha value is -1.60. The number of nitrogens with one attached hydrogen (secondary N) is 1. The van der Waals surface area contributed by atoms with Crippen molar-refractivity contribution in [3.8, 4) is 6.07 Å². The predicted octanol–water partition coefficient (Wildman–Crippen LogP) is 1.73. The Balaban J connectivity index is 2.95. The van der Waals surface area contributed by atoms with Crippen LogP contribution in [0.25, 0.3) is 0 Å². The van der Waals surface area contributed by atoms with Crippen LogP contribution in [0.1, 0.15) is 10.4 Å². The number of carbonyl (C=O) groups excluding carboxylic acids is 1. The van der Waals surface area contributed by atoms with Gasteiger partial charge in [0, 0.05) is 0 Å². The molecule has 0 aliphatic carbocycles. The van der Waals surface area contributed by atoms with E-state index >= 15 is 0 Å². The summed E-state index contributed by atoms with van der Waals surface area (Å²) >= 11 is 5.62. The van der Waals surface area contributed by atoms with Crippen molar-refractivity contribution in [3.05, 3.63) is 34.6 Å². The minimum absolute atomic E-state index is 0.0282. The third-order valence-corrected chi connectivity index (χ3v) is 1.83. The highest BCUT2D eigenvalue weighted by Gasteiger charge is 2.14. The number of hydrogen-bond donors (Lipinski definition) is 1. The summed E-state index contributed by atoms with van der Waals surface area (Å²) in [4.78, 5) is 11.3. The monoisotopic (exact) mass is 212 g/mol. The number of nitriles is 1. The summed E-state index contributed by atoms with van der Waals surface area (Å²) in [6.45, 7) is -0.177. The molecule has 0 atom stereocenters. The fourth-order valence-electron chi connectivity index (χ4n) is 0.923. The van der Waals surface area contributed by atoms with Gasteiger partial charge in [0.1, 0.15) is 12.4 Å².